The molecule has 1 amide bonds. The summed E-state index contributed by atoms with van der Waals surface area (Å²) in [6, 6.07) is 4.75. The topological polar surface area (TPSA) is 46.6 Å². The highest BCUT2D eigenvalue weighted by atomic mass is 35.5. The molecule has 0 bridgehead atoms. The van der Waals surface area contributed by atoms with E-state index in [2.05, 4.69) is 0 Å². The Bertz CT molecular complexity index is 527. The summed E-state index contributed by atoms with van der Waals surface area (Å²) in [6.45, 7) is 3.13. The third kappa shape index (κ3) is 4.11. The number of rotatable bonds is 3. The highest BCUT2D eigenvalue weighted by Gasteiger charge is 2.29. The average molecular weight is 330 g/mol. The van der Waals surface area contributed by atoms with E-state index >= 15 is 0 Å². The smallest absolute Gasteiger partial charge is 0.310 e. The van der Waals surface area contributed by atoms with Crippen LogP contribution in [-0.2, 0) is 9.53 Å². The van der Waals surface area contributed by atoms with Crippen LogP contribution in [0.2, 0.25) is 10.0 Å². The lowest BCUT2D eigenvalue weighted by molar-refractivity contribution is -0.149. The van der Waals surface area contributed by atoms with Crippen LogP contribution in [0.4, 0.5) is 0 Å². The van der Waals surface area contributed by atoms with Gasteiger partial charge in [0.1, 0.15) is 0 Å². The molecule has 0 spiro atoms. The van der Waals surface area contributed by atoms with E-state index in [1.54, 1.807) is 30.0 Å². The first-order valence-corrected chi connectivity index (χ1v) is 7.69. The van der Waals surface area contributed by atoms with Crippen LogP contribution in [0.1, 0.15) is 30.1 Å². The maximum Gasteiger partial charge on any atom is 0.310 e. The summed E-state index contributed by atoms with van der Waals surface area (Å²) in [6.07, 6.45) is 1.53. The summed E-state index contributed by atoms with van der Waals surface area (Å²) in [5.41, 5.74) is 0.442. The first-order chi connectivity index (χ1) is 10.0. The monoisotopic (exact) mass is 329 g/mol. The van der Waals surface area contributed by atoms with Crippen molar-refractivity contribution in [2.45, 2.75) is 19.8 Å². The molecular weight excluding hydrogens is 313 g/mol. The molecule has 6 heteroatoms. The van der Waals surface area contributed by atoms with E-state index in [1.165, 1.54) is 0 Å². The minimum atomic E-state index is -0.252. The molecule has 1 fully saturated rings. The van der Waals surface area contributed by atoms with E-state index < -0.39 is 0 Å². The Morgan fingerprint density at radius 2 is 1.95 bits per heavy atom. The van der Waals surface area contributed by atoms with Gasteiger partial charge in [0, 0.05) is 28.7 Å². The number of benzene rings is 1. The molecule has 1 heterocycles. The fourth-order valence-corrected chi connectivity index (χ4v) is 3.00. The van der Waals surface area contributed by atoms with Crippen LogP contribution in [0, 0.1) is 5.92 Å². The number of hydrogen-bond donors (Lipinski definition) is 0. The van der Waals surface area contributed by atoms with Gasteiger partial charge in [0.05, 0.1) is 12.5 Å². The highest BCUT2D eigenvalue weighted by molar-refractivity contribution is 6.35. The Morgan fingerprint density at radius 3 is 2.57 bits per heavy atom. The maximum atomic E-state index is 12.5. The third-order valence-electron chi connectivity index (χ3n) is 3.44. The summed E-state index contributed by atoms with van der Waals surface area (Å²) >= 11 is 11.8. The zero-order chi connectivity index (χ0) is 15.4. The van der Waals surface area contributed by atoms with Crippen molar-refractivity contribution in [1.29, 1.82) is 0 Å². The average Bonchev–Trinajstić information content (AvgIpc) is 2.46. The SMILES string of the molecule is CCOC(=O)[C@H]1CCCN(C(=O)c2cc(Cl)cc(Cl)c2)C1. The molecule has 1 saturated heterocycles. The number of halogens is 2. The largest absolute Gasteiger partial charge is 0.466 e. The molecule has 1 atom stereocenters. The van der Waals surface area contributed by atoms with Crippen LogP contribution in [-0.4, -0.2) is 36.5 Å². The fraction of sp³-hybridized carbons (Fsp3) is 0.467. The summed E-state index contributed by atoms with van der Waals surface area (Å²) in [5, 5.41) is 0.842. The number of amides is 1. The van der Waals surface area contributed by atoms with E-state index in [4.69, 9.17) is 27.9 Å². The summed E-state index contributed by atoms with van der Waals surface area (Å²) < 4.78 is 5.03. The molecule has 2 rings (SSSR count). The van der Waals surface area contributed by atoms with Gasteiger partial charge in [0.2, 0.25) is 0 Å². The summed E-state index contributed by atoms with van der Waals surface area (Å²) in [5.74, 6) is -0.648. The van der Waals surface area contributed by atoms with Gasteiger partial charge in [-0.15, -0.1) is 0 Å². The Labute approximate surface area is 134 Å². The molecule has 0 N–H and O–H groups in total. The van der Waals surface area contributed by atoms with Crippen LogP contribution < -0.4 is 0 Å². The van der Waals surface area contributed by atoms with Gasteiger partial charge in [-0.25, -0.2) is 0 Å². The maximum absolute atomic E-state index is 12.5. The lowest BCUT2D eigenvalue weighted by Crippen LogP contribution is -2.42. The van der Waals surface area contributed by atoms with Crippen molar-refractivity contribution in [3.05, 3.63) is 33.8 Å². The van der Waals surface area contributed by atoms with Crippen LogP contribution in [0.5, 0.6) is 0 Å². The van der Waals surface area contributed by atoms with Crippen molar-refractivity contribution in [3.63, 3.8) is 0 Å². The first-order valence-electron chi connectivity index (χ1n) is 6.93. The van der Waals surface area contributed by atoms with Gasteiger partial charge >= 0.3 is 5.97 Å². The summed E-state index contributed by atoms with van der Waals surface area (Å²) in [7, 11) is 0. The molecule has 1 aliphatic rings. The van der Waals surface area contributed by atoms with Gasteiger partial charge in [-0.05, 0) is 38.0 Å². The number of carbonyl (C=O) groups excluding carboxylic acids is 2. The lowest BCUT2D eigenvalue weighted by Gasteiger charge is -2.31. The van der Waals surface area contributed by atoms with Crippen molar-refractivity contribution < 1.29 is 14.3 Å². The van der Waals surface area contributed by atoms with Gasteiger partial charge in [0.15, 0.2) is 0 Å². The summed E-state index contributed by atoms with van der Waals surface area (Å²) in [4.78, 5) is 26.0. The van der Waals surface area contributed by atoms with E-state index in [-0.39, 0.29) is 17.8 Å². The zero-order valence-electron chi connectivity index (χ0n) is 11.8. The predicted molar refractivity (Wildman–Crippen MR) is 81.7 cm³/mol. The molecule has 0 unspecified atom stereocenters. The molecule has 0 aromatic heterocycles. The van der Waals surface area contributed by atoms with Crippen molar-refractivity contribution in [3.8, 4) is 0 Å². The second kappa shape index (κ2) is 7.14. The van der Waals surface area contributed by atoms with Crippen LogP contribution in [0.15, 0.2) is 18.2 Å². The Hall–Kier alpha value is -1.26. The van der Waals surface area contributed by atoms with E-state index in [0.717, 1.165) is 12.8 Å². The number of esters is 1. The molecule has 1 aromatic rings. The molecule has 0 aliphatic carbocycles. The van der Waals surface area contributed by atoms with Crippen LogP contribution >= 0.6 is 23.2 Å². The molecule has 21 heavy (non-hydrogen) atoms. The standard InChI is InChI=1S/C15H17Cl2NO3/c1-2-21-15(20)10-4-3-5-18(9-10)14(19)11-6-12(16)8-13(17)7-11/h6-8,10H,2-5,9H2,1H3/t10-/m0/s1. The van der Waals surface area contributed by atoms with Gasteiger partial charge in [-0.3, -0.25) is 9.59 Å². The van der Waals surface area contributed by atoms with Crippen molar-refractivity contribution >= 4 is 35.1 Å². The number of likely N-dealkylation sites (tertiary alicyclic amines) is 1. The normalized spacial score (nSPS) is 18.4. The Morgan fingerprint density at radius 1 is 1.29 bits per heavy atom. The van der Waals surface area contributed by atoms with Crippen LogP contribution in [0.25, 0.3) is 0 Å². The van der Waals surface area contributed by atoms with Gasteiger partial charge in [-0.1, -0.05) is 23.2 Å². The molecule has 4 nitrogen and oxygen atoms in total. The minimum absolute atomic E-state index is 0.159. The molecule has 114 valence electrons. The molecule has 1 aromatic carbocycles. The molecule has 0 saturated carbocycles. The molecule has 0 radical (unpaired) electrons. The number of piperidine rings is 1. The fourth-order valence-electron chi connectivity index (χ4n) is 2.47. The molecular formula is C15H17Cl2NO3. The van der Waals surface area contributed by atoms with E-state index in [9.17, 15) is 9.59 Å². The van der Waals surface area contributed by atoms with Gasteiger partial charge < -0.3 is 9.64 Å². The number of carbonyl (C=O) groups is 2. The van der Waals surface area contributed by atoms with Gasteiger partial charge in [0.25, 0.3) is 5.91 Å². The van der Waals surface area contributed by atoms with Crippen molar-refractivity contribution in [2.24, 2.45) is 5.92 Å². The minimum Gasteiger partial charge on any atom is -0.466 e. The quantitative estimate of drug-likeness (QED) is 0.798. The van der Waals surface area contributed by atoms with Gasteiger partial charge in [-0.2, -0.15) is 0 Å². The highest BCUT2D eigenvalue weighted by Crippen LogP contribution is 2.23. The van der Waals surface area contributed by atoms with E-state index in [1.807, 2.05) is 0 Å². The Kier molecular flexibility index (Phi) is 5.48. The third-order valence-corrected chi connectivity index (χ3v) is 3.87. The predicted octanol–water partition coefficient (Wildman–Crippen LogP) is 3.41. The zero-order valence-corrected chi connectivity index (χ0v) is 13.3. The van der Waals surface area contributed by atoms with Crippen LogP contribution in [0.3, 0.4) is 0 Å². The second-order valence-electron chi connectivity index (χ2n) is 5.00. The Balaban J connectivity index is 2.10. The lowest BCUT2D eigenvalue weighted by atomic mass is 9.97. The van der Waals surface area contributed by atoms with Crippen molar-refractivity contribution in [1.82, 2.24) is 4.90 Å². The molecule has 1 aliphatic heterocycles. The first kappa shape index (κ1) is 16.1. The number of nitrogens with zero attached hydrogens (tertiary/aromatic N) is 1. The second-order valence-corrected chi connectivity index (χ2v) is 5.87. The van der Waals surface area contributed by atoms with Crippen molar-refractivity contribution in [2.75, 3.05) is 19.7 Å². The number of hydrogen-bond acceptors (Lipinski definition) is 3. The van der Waals surface area contributed by atoms with E-state index in [0.29, 0.717) is 35.3 Å². The number of ether oxygens (including phenoxy) is 1.